The SMILES string of the molecule is COC(=O)c1occc1/C=C1\Cc2ccccc2C1=O. The summed E-state index contributed by atoms with van der Waals surface area (Å²) in [7, 11) is 1.29. The largest absolute Gasteiger partial charge is 0.463 e. The van der Waals surface area contributed by atoms with Gasteiger partial charge in [-0.2, -0.15) is 0 Å². The van der Waals surface area contributed by atoms with Crippen molar-refractivity contribution in [1.82, 2.24) is 0 Å². The van der Waals surface area contributed by atoms with Crippen LogP contribution in [-0.4, -0.2) is 18.9 Å². The van der Waals surface area contributed by atoms with Crippen LogP contribution in [0, 0.1) is 0 Å². The first-order valence-corrected chi connectivity index (χ1v) is 6.19. The van der Waals surface area contributed by atoms with E-state index in [1.54, 1.807) is 12.1 Å². The molecule has 1 aromatic heterocycles. The zero-order valence-corrected chi connectivity index (χ0v) is 10.9. The number of rotatable bonds is 2. The van der Waals surface area contributed by atoms with E-state index in [0.717, 1.165) is 11.1 Å². The highest BCUT2D eigenvalue weighted by Crippen LogP contribution is 2.28. The van der Waals surface area contributed by atoms with Gasteiger partial charge >= 0.3 is 5.97 Å². The molecule has 0 saturated heterocycles. The Morgan fingerprint density at radius 2 is 2.10 bits per heavy atom. The van der Waals surface area contributed by atoms with Crippen molar-refractivity contribution in [2.45, 2.75) is 6.42 Å². The number of esters is 1. The maximum atomic E-state index is 12.3. The van der Waals surface area contributed by atoms with Gasteiger partial charge in [-0.15, -0.1) is 0 Å². The summed E-state index contributed by atoms with van der Waals surface area (Å²) in [5, 5.41) is 0. The third-order valence-corrected chi connectivity index (χ3v) is 3.33. The maximum absolute atomic E-state index is 12.3. The van der Waals surface area contributed by atoms with Crippen LogP contribution >= 0.6 is 0 Å². The Bertz CT molecular complexity index is 722. The van der Waals surface area contributed by atoms with Crippen molar-refractivity contribution >= 4 is 17.8 Å². The molecule has 20 heavy (non-hydrogen) atoms. The molecule has 1 aliphatic carbocycles. The molecular formula is C16H12O4. The second-order valence-electron chi connectivity index (χ2n) is 4.53. The molecule has 2 aromatic rings. The molecule has 0 N–H and O–H groups in total. The van der Waals surface area contributed by atoms with Gasteiger partial charge in [0.1, 0.15) is 0 Å². The van der Waals surface area contributed by atoms with Crippen molar-refractivity contribution in [3.63, 3.8) is 0 Å². The highest BCUT2D eigenvalue weighted by molar-refractivity contribution is 6.15. The number of hydrogen-bond acceptors (Lipinski definition) is 4. The van der Waals surface area contributed by atoms with Gasteiger partial charge in [0, 0.05) is 23.1 Å². The van der Waals surface area contributed by atoms with Gasteiger partial charge in [-0.1, -0.05) is 24.3 Å². The number of ketones is 1. The van der Waals surface area contributed by atoms with E-state index in [1.807, 2.05) is 24.3 Å². The summed E-state index contributed by atoms with van der Waals surface area (Å²) < 4.78 is 9.75. The van der Waals surface area contributed by atoms with Crippen LogP contribution in [0.1, 0.15) is 32.0 Å². The number of fused-ring (bicyclic) bond motifs is 1. The molecular weight excluding hydrogens is 256 g/mol. The van der Waals surface area contributed by atoms with Crippen LogP contribution < -0.4 is 0 Å². The minimum Gasteiger partial charge on any atom is -0.463 e. The van der Waals surface area contributed by atoms with Crippen molar-refractivity contribution in [2.75, 3.05) is 7.11 Å². The Hall–Kier alpha value is -2.62. The van der Waals surface area contributed by atoms with Gasteiger partial charge in [0.25, 0.3) is 0 Å². The molecule has 0 unspecified atom stereocenters. The molecule has 0 spiro atoms. The lowest BCUT2D eigenvalue weighted by Gasteiger charge is -1.97. The van der Waals surface area contributed by atoms with Gasteiger partial charge in [-0.25, -0.2) is 4.79 Å². The number of benzene rings is 1. The van der Waals surface area contributed by atoms with Crippen molar-refractivity contribution in [2.24, 2.45) is 0 Å². The van der Waals surface area contributed by atoms with Crippen LogP contribution in [0.25, 0.3) is 6.08 Å². The van der Waals surface area contributed by atoms with Crippen LogP contribution in [0.4, 0.5) is 0 Å². The van der Waals surface area contributed by atoms with Gasteiger partial charge < -0.3 is 9.15 Å². The van der Waals surface area contributed by atoms with E-state index in [0.29, 0.717) is 17.6 Å². The molecule has 1 aromatic carbocycles. The summed E-state index contributed by atoms with van der Waals surface area (Å²) in [4.78, 5) is 23.8. The first-order chi connectivity index (χ1) is 9.70. The smallest absolute Gasteiger partial charge is 0.374 e. The zero-order valence-electron chi connectivity index (χ0n) is 10.9. The number of furan rings is 1. The molecule has 0 aliphatic heterocycles. The fraction of sp³-hybridized carbons (Fsp3) is 0.125. The van der Waals surface area contributed by atoms with Crippen molar-refractivity contribution in [3.05, 3.63) is 64.6 Å². The highest BCUT2D eigenvalue weighted by atomic mass is 16.5. The molecule has 0 atom stereocenters. The molecule has 0 bridgehead atoms. The van der Waals surface area contributed by atoms with Crippen LogP contribution in [0.5, 0.6) is 0 Å². The van der Waals surface area contributed by atoms with Gasteiger partial charge in [0.2, 0.25) is 5.76 Å². The average molecular weight is 268 g/mol. The molecule has 0 radical (unpaired) electrons. The highest BCUT2D eigenvalue weighted by Gasteiger charge is 2.25. The summed E-state index contributed by atoms with van der Waals surface area (Å²) in [5.74, 6) is -0.439. The van der Waals surface area contributed by atoms with Crippen LogP contribution in [0.2, 0.25) is 0 Å². The quantitative estimate of drug-likeness (QED) is 0.620. The molecule has 4 nitrogen and oxygen atoms in total. The summed E-state index contributed by atoms with van der Waals surface area (Å²) in [6.45, 7) is 0. The van der Waals surface area contributed by atoms with Crippen LogP contribution in [0.3, 0.4) is 0 Å². The lowest BCUT2D eigenvalue weighted by atomic mass is 10.1. The Morgan fingerprint density at radius 3 is 2.85 bits per heavy atom. The van der Waals surface area contributed by atoms with E-state index < -0.39 is 5.97 Å². The molecule has 3 rings (SSSR count). The number of methoxy groups -OCH3 is 1. The fourth-order valence-electron chi connectivity index (χ4n) is 2.35. The predicted octanol–water partition coefficient (Wildman–Crippen LogP) is 2.89. The lowest BCUT2D eigenvalue weighted by molar-refractivity contribution is 0.0564. The summed E-state index contributed by atoms with van der Waals surface area (Å²) in [6.07, 6.45) is 3.67. The van der Waals surface area contributed by atoms with E-state index in [2.05, 4.69) is 4.74 Å². The normalized spacial score (nSPS) is 15.4. The predicted molar refractivity (Wildman–Crippen MR) is 72.5 cm³/mol. The Balaban J connectivity index is 1.98. The summed E-state index contributed by atoms with van der Waals surface area (Å²) in [6, 6.07) is 9.15. The first-order valence-electron chi connectivity index (χ1n) is 6.19. The van der Waals surface area contributed by atoms with Crippen LogP contribution in [0.15, 0.2) is 46.6 Å². The minimum atomic E-state index is -0.551. The van der Waals surface area contributed by atoms with E-state index in [-0.39, 0.29) is 11.5 Å². The Morgan fingerprint density at radius 1 is 1.30 bits per heavy atom. The number of hydrogen-bond donors (Lipinski definition) is 0. The maximum Gasteiger partial charge on any atom is 0.374 e. The second-order valence-corrected chi connectivity index (χ2v) is 4.53. The minimum absolute atomic E-state index is 0.00221. The molecule has 0 saturated carbocycles. The average Bonchev–Trinajstić information content (AvgIpc) is 3.05. The lowest BCUT2D eigenvalue weighted by Crippen LogP contribution is -2.02. The number of allylic oxidation sites excluding steroid dienone is 1. The van der Waals surface area contributed by atoms with E-state index in [4.69, 9.17) is 4.42 Å². The standard InChI is InChI=1S/C16H12O4/c1-19-16(18)15-11(6-7-20-15)9-12-8-10-4-2-3-5-13(10)14(12)17/h2-7,9H,8H2,1H3/b12-9+. The molecule has 1 aliphatic rings. The third-order valence-electron chi connectivity index (χ3n) is 3.33. The summed E-state index contributed by atoms with van der Waals surface area (Å²) in [5.41, 5.74) is 2.94. The van der Waals surface area contributed by atoms with E-state index >= 15 is 0 Å². The summed E-state index contributed by atoms with van der Waals surface area (Å²) >= 11 is 0. The number of Topliss-reactive ketones (excluding diaryl/α,β-unsaturated/α-hetero) is 1. The van der Waals surface area contributed by atoms with Gasteiger partial charge in [-0.3, -0.25) is 4.79 Å². The zero-order chi connectivity index (χ0) is 14.1. The molecule has 4 heteroatoms. The topological polar surface area (TPSA) is 56.5 Å². The second kappa shape index (κ2) is 4.81. The van der Waals surface area contributed by atoms with Gasteiger partial charge in [0.15, 0.2) is 5.78 Å². The first kappa shape index (κ1) is 12.4. The molecule has 0 amide bonds. The van der Waals surface area contributed by atoms with Crippen molar-refractivity contribution in [1.29, 1.82) is 0 Å². The number of carbonyl (C=O) groups is 2. The molecule has 0 fully saturated rings. The van der Waals surface area contributed by atoms with Gasteiger partial charge in [0.05, 0.1) is 13.4 Å². The van der Waals surface area contributed by atoms with Crippen molar-refractivity contribution < 1.29 is 18.7 Å². The van der Waals surface area contributed by atoms with E-state index in [1.165, 1.54) is 13.4 Å². The molecule has 100 valence electrons. The van der Waals surface area contributed by atoms with Gasteiger partial charge in [-0.05, 0) is 17.7 Å². The Kier molecular flexibility index (Phi) is 2.99. The monoisotopic (exact) mass is 268 g/mol. The molecule has 1 heterocycles. The van der Waals surface area contributed by atoms with E-state index in [9.17, 15) is 9.59 Å². The van der Waals surface area contributed by atoms with Crippen molar-refractivity contribution in [3.8, 4) is 0 Å². The number of ether oxygens (including phenoxy) is 1. The third kappa shape index (κ3) is 1.95. The number of carbonyl (C=O) groups excluding carboxylic acids is 2. The van der Waals surface area contributed by atoms with Crippen LogP contribution in [-0.2, 0) is 11.2 Å². The fourth-order valence-corrected chi connectivity index (χ4v) is 2.35. The Labute approximate surface area is 115 Å².